The van der Waals surface area contributed by atoms with E-state index in [2.05, 4.69) is 34.4 Å². The molecule has 0 spiro atoms. The van der Waals surface area contributed by atoms with Gasteiger partial charge in [0.1, 0.15) is 0 Å². The molecule has 3 rings (SSSR count). The van der Waals surface area contributed by atoms with Gasteiger partial charge >= 0.3 is 6.03 Å². The van der Waals surface area contributed by atoms with E-state index in [1.807, 2.05) is 18.1 Å². The molecule has 25 heavy (non-hydrogen) atoms. The lowest BCUT2D eigenvalue weighted by Crippen LogP contribution is -2.38. The Morgan fingerprint density at radius 3 is 2.84 bits per heavy atom. The second-order valence-electron chi connectivity index (χ2n) is 6.92. The first-order valence-corrected chi connectivity index (χ1v) is 8.87. The fourth-order valence-electron chi connectivity index (χ4n) is 3.29. The van der Waals surface area contributed by atoms with Crippen LogP contribution in [0.4, 0.5) is 10.5 Å². The van der Waals surface area contributed by atoms with Crippen molar-refractivity contribution in [3.8, 4) is 0 Å². The summed E-state index contributed by atoms with van der Waals surface area (Å²) in [5.41, 5.74) is 1.65. The number of hydrogen-bond acceptors (Lipinski definition) is 5. The van der Waals surface area contributed by atoms with Crippen LogP contribution in [0.25, 0.3) is 0 Å². The molecule has 0 bridgehead atoms. The van der Waals surface area contributed by atoms with Gasteiger partial charge in [0.2, 0.25) is 5.89 Å². The summed E-state index contributed by atoms with van der Waals surface area (Å²) in [5, 5.41) is 11.5. The minimum Gasteiger partial charge on any atom is -0.340 e. The number of rotatable bonds is 3. The fourth-order valence-corrected chi connectivity index (χ4v) is 3.29. The molecule has 1 atom stereocenters. The van der Waals surface area contributed by atoms with Gasteiger partial charge in [0.25, 0.3) is 0 Å². The molecule has 8 nitrogen and oxygen atoms in total. The number of anilines is 1. The lowest BCUT2D eigenvalue weighted by Gasteiger charge is -2.28. The SMILES string of the molecule is Cc1nc(C2CCCCCN2C(=O)Nc2cn(C)nc2C(C)C)no1. The number of urea groups is 1. The zero-order chi connectivity index (χ0) is 18.0. The van der Waals surface area contributed by atoms with E-state index in [-0.39, 0.29) is 18.0 Å². The number of aromatic nitrogens is 4. The zero-order valence-electron chi connectivity index (χ0n) is 15.3. The molecule has 0 aromatic carbocycles. The molecule has 1 saturated heterocycles. The Kier molecular flexibility index (Phi) is 5.06. The Balaban J connectivity index is 1.83. The van der Waals surface area contributed by atoms with Gasteiger partial charge in [-0.05, 0) is 18.8 Å². The van der Waals surface area contributed by atoms with Crippen molar-refractivity contribution in [2.24, 2.45) is 7.05 Å². The predicted octanol–water partition coefficient (Wildman–Crippen LogP) is 3.38. The number of carbonyl (C=O) groups is 1. The van der Waals surface area contributed by atoms with Crippen LogP contribution < -0.4 is 5.32 Å². The molecule has 1 N–H and O–H groups in total. The highest BCUT2D eigenvalue weighted by molar-refractivity contribution is 5.90. The smallest absolute Gasteiger partial charge is 0.322 e. The minimum absolute atomic E-state index is 0.135. The summed E-state index contributed by atoms with van der Waals surface area (Å²) in [6, 6.07) is -0.289. The largest absolute Gasteiger partial charge is 0.340 e. The molecule has 8 heteroatoms. The fraction of sp³-hybridized carbons (Fsp3) is 0.647. The summed E-state index contributed by atoms with van der Waals surface area (Å²) < 4.78 is 6.86. The zero-order valence-corrected chi connectivity index (χ0v) is 15.3. The number of amides is 2. The maximum Gasteiger partial charge on any atom is 0.322 e. The van der Waals surface area contributed by atoms with Crippen LogP contribution >= 0.6 is 0 Å². The van der Waals surface area contributed by atoms with Crippen LogP contribution in [0.3, 0.4) is 0 Å². The Bertz CT molecular complexity index is 735. The van der Waals surface area contributed by atoms with Gasteiger partial charge in [0.15, 0.2) is 5.82 Å². The van der Waals surface area contributed by atoms with Gasteiger partial charge in [-0.1, -0.05) is 31.8 Å². The third-order valence-electron chi connectivity index (χ3n) is 4.50. The molecule has 1 fully saturated rings. The molecule has 1 aliphatic heterocycles. The van der Waals surface area contributed by atoms with Crippen molar-refractivity contribution in [2.45, 2.75) is 58.4 Å². The molecular formula is C17H26N6O2. The maximum absolute atomic E-state index is 13.0. The van der Waals surface area contributed by atoms with Crippen molar-refractivity contribution in [1.29, 1.82) is 0 Å². The third-order valence-corrected chi connectivity index (χ3v) is 4.50. The number of nitrogens with one attached hydrogen (secondary N) is 1. The summed E-state index contributed by atoms with van der Waals surface area (Å²) in [4.78, 5) is 19.2. The summed E-state index contributed by atoms with van der Waals surface area (Å²) >= 11 is 0. The van der Waals surface area contributed by atoms with Gasteiger partial charge < -0.3 is 14.7 Å². The number of nitrogens with zero attached hydrogens (tertiary/aromatic N) is 5. The predicted molar refractivity (Wildman–Crippen MR) is 93.3 cm³/mol. The number of carbonyl (C=O) groups excluding carboxylic acids is 1. The molecule has 0 aliphatic carbocycles. The Hall–Kier alpha value is -2.38. The van der Waals surface area contributed by atoms with Gasteiger partial charge in [-0.3, -0.25) is 4.68 Å². The van der Waals surface area contributed by atoms with Crippen molar-refractivity contribution < 1.29 is 9.32 Å². The molecule has 0 saturated carbocycles. The lowest BCUT2D eigenvalue weighted by atomic mass is 10.1. The molecular weight excluding hydrogens is 320 g/mol. The lowest BCUT2D eigenvalue weighted by molar-refractivity contribution is 0.184. The van der Waals surface area contributed by atoms with E-state index >= 15 is 0 Å². The highest BCUT2D eigenvalue weighted by atomic mass is 16.5. The first-order chi connectivity index (χ1) is 12.0. The van der Waals surface area contributed by atoms with E-state index in [1.54, 1.807) is 11.6 Å². The van der Waals surface area contributed by atoms with Crippen molar-refractivity contribution in [2.75, 3.05) is 11.9 Å². The van der Waals surface area contributed by atoms with E-state index in [4.69, 9.17) is 4.52 Å². The summed E-state index contributed by atoms with van der Waals surface area (Å²) in [7, 11) is 1.86. The second-order valence-corrected chi connectivity index (χ2v) is 6.92. The van der Waals surface area contributed by atoms with Crippen LogP contribution in [-0.2, 0) is 7.05 Å². The highest BCUT2D eigenvalue weighted by Crippen LogP contribution is 2.30. The molecule has 2 aromatic rings. The number of aryl methyl sites for hydroxylation is 2. The first-order valence-electron chi connectivity index (χ1n) is 8.87. The quantitative estimate of drug-likeness (QED) is 0.920. The first kappa shape index (κ1) is 17.4. The minimum atomic E-state index is -0.154. The van der Waals surface area contributed by atoms with Gasteiger partial charge in [-0.2, -0.15) is 10.1 Å². The average Bonchev–Trinajstić information content (AvgIpc) is 3.04. The molecule has 1 aliphatic rings. The van der Waals surface area contributed by atoms with Crippen molar-refractivity contribution in [3.05, 3.63) is 23.6 Å². The summed E-state index contributed by atoms with van der Waals surface area (Å²) in [6.45, 7) is 6.58. The van der Waals surface area contributed by atoms with Crippen LogP contribution in [0.15, 0.2) is 10.7 Å². The van der Waals surface area contributed by atoms with E-state index in [0.717, 1.165) is 37.1 Å². The van der Waals surface area contributed by atoms with Crippen molar-refractivity contribution >= 4 is 11.7 Å². The monoisotopic (exact) mass is 346 g/mol. The molecule has 3 heterocycles. The van der Waals surface area contributed by atoms with Crippen LogP contribution in [0.1, 0.15) is 68.9 Å². The standard InChI is InChI=1S/C17H26N6O2/c1-11(2)15-13(10-22(4)20-15)19-17(24)23-9-7-5-6-8-14(23)16-18-12(3)25-21-16/h10-11,14H,5-9H2,1-4H3,(H,19,24). The van der Waals surface area contributed by atoms with E-state index in [1.165, 1.54) is 0 Å². The van der Waals surface area contributed by atoms with Crippen LogP contribution in [0.2, 0.25) is 0 Å². The molecule has 2 aromatic heterocycles. The molecule has 1 unspecified atom stereocenters. The third kappa shape index (κ3) is 3.83. The van der Waals surface area contributed by atoms with Crippen molar-refractivity contribution in [1.82, 2.24) is 24.8 Å². The number of hydrogen-bond donors (Lipinski definition) is 1. The summed E-state index contributed by atoms with van der Waals surface area (Å²) in [5.74, 6) is 1.34. The highest BCUT2D eigenvalue weighted by Gasteiger charge is 2.31. The van der Waals surface area contributed by atoms with Crippen LogP contribution in [0, 0.1) is 6.92 Å². The molecule has 136 valence electrons. The van der Waals surface area contributed by atoms with Gasteiger partial charge in [0.05, 0.1) is 17.4 Å². The molecule has 0 radical (unpaired) electrons. The van der Waals surface area contributed by atoms with E-state index in [0.29, 0.717) is 18.3 Å². The number of likely N-dealkylation sites (tertiary alicyclic amines) is 1. The van der Waals surface area contributed by atoms with Crippen molar-refractivity contribution in [3.63, 3.8) is 0 Å². The normalized spacial score (nSPS) is 18.4. The summed E-state index contributed by atoms with van der Waals surface area (Å²) in [6.07, 6.45) is 5.81. The Morgan fingerprint density at radius 1 is 1.36 bits per heavy atom. The topological polar surface area (TPSA) is 89.1 Å². The van der Waals surface area contributed by atoms with Gasteiger partial charge in [-0.25, -0.2) is 4.79 Å². The van der Waals surface area contributed by atoms with Crippen LogP contribution in [-0.4, -0.2) is 37.4 Å². The molecule has 2 amide bonds. The van der Waals surface area contributed by atoms with E-state index in [9.17, 15) is 4.79 Å². The van der Waals surface area contributed by atoms with Gasteiger partial charge in [0, 0.05) is 26.7 Å². The Labute approximate surface area is 147 Å². The van der Waals surface area contributed by atoms with Gasteiger partial charge in [-0.15, -0.1) is 0 Å². The second kappa shape index (κ2) is 7.25. The van der Waals surface area contributed by atoms with E-state index < -0.39 is 0 Å². The van der Waals surface area contributed by atoms with Crippen LogP contribution in [0.5, 0.6) is 0 Å². The maximum atomic E-state index is 13.0. The average molecular weight is 346 g/mol. The Morgan fingerprint density at radius 2 is 2.16 bits per heavy atom.